The standard InChI is InChI=1S/C11H9ClN2O/c1-7-6-10(13-14-11(7)15)8-4-2-3-5-9(8)12/h2-6H,1H3,(H,14,15). The van der Waals surface area contributed by atoms with Gasteiger partial charge < -0.3 is 0 Å². The molecular formula is C11H9ClN2O. The lowest BCUT2D eigenvalue weighted by atomic mass is 10.1. The highest BCUT2D eigenvalue weighted by molar-refractivity contribution is 6.33. The van der Waals surface area contributed by atoms with Gasteiger partial charge >= 0.3 is 0 Å². The lowest BCUT2D eigenvalue weighted by Crippen LogP contribution is -2.11. The van der Waals surface area contributed by atoms with Crippen molar-refractivity contribution in [3.63, 3.8) is 0 Å². The second-order valence-electron chi connectivity index (χ2n) is 3.25. The molecule has 0 saturated carbocycles. The number of aromatic nitrogens is 2. The molecule has 2 aromatic rings. The van der Waals surface area contributed by atoms with Gasteiger partial charge in [-0.1, -0.05) is 29.8 Å². The average molecular weight is 221 g/mol. The minimum atomic E-state index is -0.175. The lowest BCUT2D eigenvalue weighted by molar-refractivity contribution is 0.976. The minimum Gasteiger partial charge on any atom is -0.268 e. The molecule has 2 rings (SSSR count). The zero-order valence-electron chi connectivity index (χ0n) is 8.12. The van der Waals surface area contributed by atoms with E-state index in [2.05, 4.69) is 10.2 Å². The van der Waals surface area contributed by atoms with Crippen molar-refractivity contribution >= 4 is 11.6 Å². The maximum Gasteiger partial charge on any atom is 0.267 e. The molecule has 1 aromatic carbocycles. The molecule has 0 aliphatic carbocycles. The predicted molar refractivity (Wildman–Crippen MR) is 60.0 cm³/mol. The van der Waals surface area contributed by atoms with E-state index in [-0.39, 0.29) is 5.56 Å². The van der Waals surface area contributed by atoms with Crippen LogP contribution in [-0.4, -0.2) is 10.2 Å². The van der Waals surface area contributed by atoms with Crippen molar-refractivity contribution in [2.24, 2.45) is 0 Å². The van der Waals surface area contributed by atoms with Gasteiger partial charge in [0.05, 0.1) is 10.7 Å². The molecule has 0 radical (unpaired) electrons. The SMILES string of the molecule is Cc1cc(-c2ccccc2Cl)n[nH]c1=O. The van der Waals surface area contributed by atoms with Crippen LogP contribution in [-0.2, 0) is 0 Å². The molecule has 0 fully saturated rings. The van der Waals surface area contributed by atoms with Gasteiger partial charge in [0.1, 0.15) is 0 Å². The van der Waals surface area contributed by atoms with Crippen molar-refractivity contribution in [1.29, 1.82) is 0 Å². The first-order chi connectivity index (χ1) is 7.18. The Kier molecular flexibility index (Phi) is 2.56. The molecule has 0 unspecified atom stereocenters. The quantitative estimate of drug-likeness (QED) is 0.802. The molecule has 0 spiro atoms. The van der Waals surface area contributed by atoms with Gasteiger partial charge in [-0.3, -0.25) is 4.79 Å². The Hall–Kier alpha value is -1.61. The van der Waals surface area contributed by atoms with Crippen LogP contribution in [0.1, 0.15) is 5.56 Å². The van der Waals surface area contributed by atoms with Gasteiger partial charge in [-0.15, -0.1) is 0 Å². The largest absolute Gasteiger partial charge is 0.268 e. The van der Waals surface area contributed by atoms with Crippen LogP contribution >= 0.6 is 11.6 Å². The van der Waals surface area contributed by atoms with Gasteiger partial charge in [0, 0.05) is 11.1 Å². The summed E-state index contributed by atoms with van der Waals surface area (Å²) >= 11 is 6.02. The second kappa shape index (κ2) is 3.87. The summed E-state index contributed by atoms with van der Waals surface area (Å²) in [6.45, 7) is 1.74. The van der Waals surface area contributed by atoms with Crippen molar-refractivity contribution in [1.82, 2.24) is 10.2 Å². The Morgan fingerprint density at radius 3 is 2.73 bits per heavy atom. The summed E-state index contributed by atoms with van der Waals surface area (Å²) in [4.78, 5) is 11.1. The van der Waals surface area contributed by atoms with E-state index in [1.807, 2.05) is 18.2 Å². The average Bonchev–Trinajstić information content (AvgIpc) is 2.23. The number of nitrogens with one attached hydrogen (secondary N) is 1. The Balaban J connectivity index is 2.60. The van der Waals surface area contributed by atoms with Crippen molar-refractivity contribution in [3.8, 4) is 11.3 Å². The van der Waals surface area contributed by atoms with E-state index < -0.39 is 0 Å². The number of aromatic amines is 1. The molecule has 76 valence electrons. The molecule has 0 atom stereocenters. The molecule has 1 N–H and O–H groups in total. The highest BCUT2D eigenvalue weighted by Gasteiger charge is 2.05. The molecule has 0 aliphatic rings. The van der Waals surface area contributed by atoms with Gasteiger partial charge in [-0.25, -0.2) is 5.10 Å². The molecule has 3 nitrogen and oxygen atoms in total. The van der Waals surface area contributed by atoms with E-state index in [1.165, 1.54) is 0 Å². The summed E-state index contributed by atoms with van der Waals surface area (Å²) in [5.74, 6) is 0. The van der Waals surface area contributed by atoms with Crippen LogP contribution in [0.2, 0.25) is 5.02 Å². The maximum atomic E-state index is 11.1. The van der Waals surface area contributed by atoms with E-state index in [1.54, 1.807) is 19.1 Å². The molecule has 0 amide bonds. The maximum absolute atomic E-state index is 11.1. The highest BCUT2D eigenvalue weighted by atomic mass is 35.5. The van der Waals surface area contributed by atoms with Gasteiger partial charge in [0.2, 0.25) is 0 Å². The number of hydrogen-bond donors (Lipinski definition) is 1. The van der Waals surface area contributed by atoms with Crippen molar-refractivity contribution < 1.29 is 0 Å². The number of H-pyrrole nitrogens is 1. The van der Waals surface area contributed by atoms with E-state index >= 15 is 0 Å². The Labute approximate surface area is 91.7 Å². The summed E-state index contributed by atoms with van der Waals surface area (Å²) < 4.78 is 0. The fourth-order valence-electron chi connectivity index (χ4n) is 1.31. The van der Waals surface area contributed by atoms with Gasteiger partial charge in [0.15, 0.2) is 0 Å². The van der Waals surface area contributed by atoms with Crippen LogP contribution in [0.4, 0.5) is 0 Å². The first-order valence-electron chi connectivity index (χ1n) is 4.50. The monoisotopic (exact) mass is 220 g/mol. The number of halogens is 1. The summed E-state index contributed by atoms with van der Waals surface area (Å²) in [7, 11) is 0. The third-order valence-electron chi connectivity index (χ3n) is 2.14. The number of rotatable bonds is 1. The van der Waals surface area contributed by atoms with Crippen LogP contribution in [0, 0.1) is 6.92 Å². The van der Waals surface area contributed by atoms with Crippen LogP contribution in [0.15, 0.2) is 35.1 Å². The summed E-state index contributed by atoms with van der Waals surface area (Å²) in [5.41, 5.74) is 1.95. The van der Waals surface area contributed by atoms with E-state index in [4.69, 9.17) is 11.6 Å². The number of nitrogens with zero attached hydrogens (tertiary/aromatic N) is 1. The van der Waals surface area contributed by atoms with Gasteiger partial charge in [-0.2, -0.15) is 5.10 Å². The predicted octanol–water partition coefficient (Wildman–Crippen LogP) is 2.40. The summed E-state index contributed by atoms with van der Waals surface area (Å²) in [6, 6.07) is 9.11. The second-order valence-corrected chi connectivity index (χ2v) is 3.65. The van der Waals surface area contributed by atoms with Crippen LogP contribution in [0.3, 0.4) is 0 Å². The Morgan fingerprint density at radius 1 is 1.33 bits per heavy atom. The zero-order valence-corrected chi connectivity index (χ0v) is 8.88. The first kappa shape index (κ1) is 9.93. The van der Waals surface area contributed by atoms with Crippen molar-refractivity contribution in [3.05, 3.63) is 51.3 Å². The third kappa shape index (κ3) is 1.92. The van der Waals surface area contributed by atoms with E-state index in [0.29, 0.717) is 16.3 Å². The molecule has 1 aromatic heterocycles. The van der Waals surface area contributed by atoms with Crippen LogP contribution < -0.4 is 5.56 Å². The van der Waals surface area contributed by atoms with Crippen molar-refractivity contribution in [2.45, 2.75) is 6.92 Å². The summed E-state index contributed by atoms with van der Waals surface area (Å²) in [5, 5.41) is 7.00. The fourth-order valence-corrected chi connectivity index (χ4v) is 1.54. The van der Waals surface area contributed by atoms with E-state index in [0.717, 1.165) is 5.56 Å². The third-order valence-corrected chi connectivity index (χ3v) is 2.47. The van der Waals surface area contributed by atoms with Gasteiger partial charge in [-0.05, 0) is 19.1 Å². The zero-order chi connectivity index (χ0) is 10.8. The normalized spacial score (nSPS) is 10.3. The number of hydrogen-bond acceptors (Lipinski definition) is 2. The van der Waals surface area contributed by atoms with Crippen LogP contribution in [0.5, 0.6) is 0 Å². The Bertz CT molecular complexity index is 548. The molecule has 15 heavy (non-hydrogen) atoms. The molecule has 1 heterocycles. The molecule has 0 bridgehead atoms. The van der Waals surface area contributed by atoms with Gasteiger partial charge in [0.25, 0.3) is 5.56 Å². The molecule has 0 aliphatic heterocycles. The van der Waals surface area contributed by atoms with Crippen molar-refractivity contribution in [2.75, 3.05) is 0 Å². The highest BCUT2D eigenvalue weighted by Crippen LogP contribution is 2.24. The minimum absolute atomic E-state index is 0.175. The van der Waals surface area contributed by atoms with E-state index in [9.17, 15) is 4.79 Å². The molecular weight excluding hydrogens is 212 g/mol. The Morgan fingerprint density at radius 2 is 2.07 bits per heavy atom. The lowest BCUT2D eigenvalue weighted by Gasteiger charge is -2.02. The number of aryl methyl sites for hydroxylation is 1. The first-order valence-corrected chi connectivity index (χ1v) is 4.87. The topological polar surface area (TPSA) is 45.8 Å². The molecule has 4 heteroatoms. The fraction of sp³-hybridized carbons (Fsp3) is 0.0909. The smallest absolute Gasteiger partial charge is 0.267 e. The number of benzene rings is 1. The van der Waals surface area contributed by atoms with Crippen LogP contribution in [0.25, 0.3) is 11.3 Å². The molecule has 0 saturated heterocycles. The summed E-state index contributed by atoms with van der Waals surface area (Å²) in [6.07, 6.45) is 0.